The molecule has 2 N–H and O–H groups in total. The van der Waals surface area contributed by atoms with Crippen LogP contribution in [0.1, 0.15) is 49.7 Å². The molecule has 1 fully saturated rings. The molecule has 3 nitrogen and oxygen atoms in total. The van der Waals surface area contributed by atoms with Crippen molar-refractivity contribution in [2.24, 2.45) is 5.92 Å². The molecule has 2 aromatic rings. The highest BCUT2D eigenvalue weighted by Gasteiger charge is 2.51. The second-order valence-corrected chi connectivity index (χ2v) is 7.50. The molecule has 2 aromatic carbocycles. The van der Waals surface area contributed by atoms with Crippen molar-refractivity contribution >= 4 is 11.6 Å². The predicted octanol–water partition coefficient (Wildman–Crippen LogP) is 4.80. The van der Waals surface area contributed by atoms with Crippen LogP contribution in [0, 0.1) is 5.92 Å². The van der Waals surface area contributed by atoms with E-state index in [-0.39, 0.29) is 11.7 Å². The van der Waals surface area contributed by atoms with E-state index in [4.69, 9.17) is 0 Å². The topological polar surface area (TPSA) is 49.3 Å². The van der Waals surface area contributed by atoms with Gasteiger partial charge in [-0.2, -0.15) is 0 Å². The third-order valence-electron chi connectivity index (χ3n) is 6.03. The second-order valence-electron chi connectivity index (χ2n) is 7.50. The van der Waals surface area contributed by atoms with E-state index in [0.29, 0.717) is 12.3 Å². The molecule has 1 unspecified atom stereocenters. The molecule has 1 amide bonds. The predicted molar refractivity (Wildman–Crippen MR) is 99.8 cm³/mol. The van der Waals surface area contributed by atoms with Gasteiger partial charge in [0.05, 0.1) is 5.41 Å². The van der Waals surface area contributed by atoms with Gasteiger partial charge < -0.3 is 10.4 Å². The Morgan fingerprint density at radius 3 is 2.36 bits per heavy atom. The summed E-state index contributed by atoms with van der Waals surface area (Å²) in [6, 6.07) is 15.5. The first-order valence-electron chi connectivity index (χ1n) is 9.39. The average molecular weight is 335 g/mol. The minimum atomic E-state index is -0.488. The number of hydrogen-bond donors (Lipinski definition) is 2. The molecule has 25 heavy (non-hydrogen) atoms. The van der Waals surface area contributed by atoms with E-state index in [0.717, 1.165) is 29.7 Å². The molecule has 2 aliphatic rings. The van der Waals surface area contributed by atoms with Gasteiger partial charge in [0.15, 0.2) is 0 Å². The first-order chi connectivity index (χ1) is 12.2. The third-order valence-corrected chi connectivity index (χ3v) is 6.03. The van der Waals surface area contributed by atoms with Gasteiger partial charge in [-0.15, -0.1) is 0 Å². The number of rotatable bonds is 3. The number of aromatic hydroxyl groups is 1. The van der Waals surface area contributed by atoms with Crippen LogP contribution in [0.2, 0.25) is 0 Å². The molecular formula is C22H25NO2. The van der Waals surface area contributed by atoms with Gasteiger partial charge in [-0.3, -0.25) is 4.79 Å². The standard InChI is InChI=1S/C22H25NO2/c24-18-13-11-16(12-14-18)15-22(17-7-3-1-2-4-8-17)19-9-5-6-10-20(19)23-21(22)25/h5-6,9-14,17,24H,1-4,7-8,15H2,(H,23,25). The van der Waals surface area contributed by atoms with E-state index in [9.17, 15) is 9.90 Å². The molecule has 0 spiro atoms. The number of para-hydroxylation sites is 1. The second kappa shape index (κ2) is 6.55. The van der Waals surface area contributed by atoms with Crippen molar-refractivity contribution in [2.45, 2.75) is 50.4 Å². The number of anilines is 1. The van der Waals surface area contributed by atoms with Gasteiger partial charge in [-0.05, 0) is 54.5 Å². The number of phenolic OH excluding ortho intramolecular Hbond substituents is 1. The Kier molecular flexibility index (Phi) is 4.24. The summed E-state index contributed by atoms with van der Waals surface area (Å²) in [4.78, 5) is 13.3. The van der Waals surface area contributed by atoms with Crippen LogP contribution >= 0.6 is 0 Å². The third kappa shape index (κ3) is 2.82. The lowest BCUT2D eigenvalue weighted by molar-refractivity contribution is -0.123. The lowest BCUT2D eigenvalue weighted by Gasteiger charge is -2.36. The van der Waals surface area contributed by atoms with Crippen LogP contribution in [0.15, 0.2) is 48.5 Å². The zero-order chi connectivity index (χ0) is 17.3. The molecule has 0 saturated heterocycles. The summed E-state index contributed by atoms with van der Waals surface area (Å²) in [5.41, 5.74) is 2.74. The highest BCUT2D eigenvalue weighted by molar-refractivity contribution is 6.06. The van der Waals surface area contributed by atoms with Crippen molar-refractivity contribution in [3.05, 3.63) is 59.7 Å². The van der Waals surface area contributed by atoms with Crippen molar-refractivity contribution in [1.29, 1.82) is 0 Å². The Hall–Kier alpha value is -2.29. The average Bonchev–Trinajstić information content (AvgIpc) is 2.80. The molecule has 1 atom stereocenters. The normalized spacial score (nSPS) is 23.8. The summed E-state index contributed by atoms with van der Waals surface area (Å²) in [5, 5.41) is 12.7. The van der Waals surface area contributed by atoms with E-state index >= 15 is 0 Å². The van der Waals surface area contributed by atoms with Gasteiger partial charge in [0.1, 0.15) is 5.75 Å². The van der Waals surface area contributed by atoms with Gasteiger partial charge in [-0.25, -0.2) is 0 Å². The lowest BCUT2D eigenvalue weighted by Crippen LogP contribution is -2.43. The van der Waals surface area contributed by atoms with Crippen LogP contribution in [0.3, 0.4) is 0 Å². The van der Waals surface area contributed by atoms with E-state index in [1.54, 1.807) is 12.1 Å². The number of amides is 1. The summed E-state index contributed by atoms with van der Waals surface area (Å²) < 4.78 is 0. The fourth-order valence-electron chi connectivity index (χ4n) is 4.77. The molecule has 0 bridgehead atoms. The molecule has 0 aromatic heterocycles. The molecule has 3 heteroatoms. The van der Waals surface area contributed by atoms with Crippen LogP contribution in [-0.2, 0) is 16.6 Å². The van der Waals surface area contributed by atoms with E-state index < -0.39 is 5.41 Å². The summed E-state index contributed by atoms with van der Waals surface area (Å²) in [5.74, 6) is 0.782. The highest BCUT2D eigenvalue weighted by atomic mass is 16.3. The Balaban J connectivity index is 1.80. The minimum absolute atomic E-state index is 0.147. The van der Waals surface area contributed by atoms with Crippen LogP contribution in [0.25, 0.3) is 0 Å². The SMILES string of the molecule is O=C1Nc2ccccc2C1(Cc1ccc(O)cc1)C1CCCCCC1. The zero-order valence-corrected chi connectivity index (χ0v) is 14.5. The fourth-order valence-corrected chi connectivity index (χ4v) is 4.77. The van der Waals surface area contributed by atoms with Crippen molar-refractivity contribution < 1.29 is 9.90 Å². The van der Waals surface area contributed by atoms with Gasteiger partial charge in [0.2, 0.25) is 5.91 Å². The van der Waals surface area contributed by atoms with Crippen molar-refractivity contribution in [1.82, 2.24) is 0 Å². The number of nitrogens with one attached hydrogen (secondary N) is 1. The quantitative estimate of drug-likeness (QED) is 0.792. The maximum atomic E-state index is 13.3. The Bertz CT molecular complexity index is 760. The fraction of sp³-hybridized carbons (Fsp3) is 0.409. The Morgan fingerprint density at radius 2 is 1.64 bits per heavy atom. The van der Waals surface area contributed by atoms with Crippen LogP contribution in [0.5, 0.6) is 5.75 Å². The molecule has 130 valence electrons. The van der Waals surface area contributed by atoms with Gasteiger partial charge in [0.25, 0.3) is 0 Å². The monoisotopic (exact) mass is 335 g/mol. The number of phenols is 1. The molecular weight excluding hydrogens is 310 g/mol. The van der Waals surface area contributed by atoms with Crippen LogP contribution < -0.4 is 5.32 Å². The number of carbonyl (C=O) groups excluding carboxylic acids is 1. The molecule has 0 radical (unpaired) electrons. The molecule has 1 heterocycles. The minimum Gasteiger partial charge on any atom is -0.508 e. The maximum Gasteiger partial charge on any atom is 0.235 e. The summed E-state index contributed by atoms with van der Waals surface area (Å²) in [6.07, 6.45) is 7.87. The van der Waals surface area contributed by atoms with E-state index in [2.05, 4.69) is 11.4 Å². The van der Waals surface area contributed by atoms with Crippen LogP contribution in [-0.4, -0.2) is 11.0 Å². The smallest absolute Gasteiger partial charge is 0.235 e. The highest BCUT2D eigenvalue weighted by Crippen LogP contribution is 2.49. The van der Waals surface area contributed by atoms with Gasteiger partial charge in [0, 0.05) is 5.69 Å². The Morgan fingerprint density at radius 1 is 0.960 bits per heavy atom. The molecule has 1 saturated carbocycles. The van der Waals surface area contributed by atoms with Crippen molar-refractivity contribution in [2.75, 3.05) is 5.32 Å². The van der Waals surface area contributed by atoms with Crippen molar-refractivity contribution in [3.8, 4) is 5.75 Å². The van der Waals surface area contributed by atoms with Crippen molar-refractivity contribution in [3.63, 3.8) is 0 Å². The number of hydrogen-bond acceptors (Lipinski definition) is 2. The summed E-state index contributed by atoms with van der Waals surface area (Å²) in [7, 11) is 0. The van der Waals surface area contributed by atoms with E-state index in [1.807, 2.05) is 30.3 Å². The first-order valence-corrected chi connectivity index (χ1v) is 9.39. The maximum absolute atomic E-state index is 13.3. The lowest BCUT2D eigenvalue weighted by atomic mass is 9.65. The van der Waals surface area contributed by atoms with Gasteiger partial charge in [-0.1, -0.05) is 56.0 Å². The Labute approximate surface area is 149 Å². The largest absolute Gasteiger partial charge is 0.508 e. The number of fused-ring (bicyclic) bond motifs is 1. The summed E-state index contributed by atoms with van der Waals surface area (Å²) in [6.45, 7) is 0. The number of benzene rings is 2. The van der Waals surface area contributed by atoms with Crippen LogP contribution in [0.4, 0.5) is 5.69 Å². The molecule has 1 aliphatic heterocycles. The first kappa shape index (κ1) is 16.2. The zero-order valence-electron chi connectivity index (χ0n) is 14.5. The van der Waals surface area contributed by atoms with E-state index in [1.165, 1.54) is 25.7 Å². The van der Waals surface area contributed by atoms with Gasteiger partial charge >= 0.3 is 0 Å². The number of carbonyl (C=O) groups is 1. The summed E-state index contributed by atoms with van der Waals surface area (Å²) >= 11 is 0. The molecule has 4 rings (SSSR count). The molecule has 1 aliphatic carbocycles.